The summed E-state index contributed by atoms with van der Waals surface area (Å²) < 4.78 is 26.1. The lowest BCUT2D eigenvalue weighted by molar-refractivity contribution is -0.385. The number of benzene rings is 1. The number of nitrogens with one attached hydrogen (secondary N) is 1. The number of nitro benzene ring substituents is 1. The van der Waals surface area contributed by atoms with Gasteiger partial charge in [0.1, 0.15) is 0 Å². The molecule has 7 nitrogen and oxygen atoms in total. The molecule has 0 aliphatic rings. The third-order valence-electron chi connectivity index (χ3n) is 2.95. The second-order valence-electron chi connectivity index (χ2n) is 4.49. The van der Waals surface area contributed by atoms with Crippen molar-refractivity contribution in [2.75, 3.05) is 0 Å². The summed E-state index contributed by atoms with van der Waals surface area (Å²) in [4.78, 5) is 21.5. The van der Waals surface area contributed by atoms with Crippen molar-refractivity contribution < 1.29 is 18.1 Å². The van der Waals surface area contributed by atoms with Crippen LogP contribution in [0.1, 0.15) is 25.8 Å². The molecule has 1 N–H and O–H groups in total. The molecule has 110 valence electrons. The van der Waals surface area contributed by atoms with Crippen LogP contribution in [-0.2, 0) is 14.8 Å². The van der Waals surface area contributed by atoms with E-state index in [0.717, 1.165) is 18.2 Å². The standard InChI is InChI=1S/C12H16N2O5S/c1-4-8(2)12(15)13-20(18,19)11-6-5-10(14(16)17)7-9(11)3/h5-8H,4H2,1-3H3,(H,13,15)/t8-/m1/s1. The second-order valence-corrected chi connectivity index (χ2v) is 6.14. The number of carbonyl (C=O) groups is 1. The molecule has 1 aromatic rings. The molecule has 0 saturated carbocycles. The van der Waals surface area contributed by atoms with E-state index in [-0.39, 0.29) is 16.1 Å². The third-order valence-corrected chi connectivity index (χ3v) is 4.46. The topological polar surface area (TPSA) is 106 Å². The lowest BCUT2D eigenvalue weighted by Crippen LogP contribution is -2.34. The van der Waals surface area contributed by atoms with E-state index in [1.807, 2.05) is 4.72 Å². The number of rotatable bonds is 5. The van der Waals surface area contributed by atoms with E-state index < -0.39 is 26.8 Å². The van der Waals surface area contributed by atoms with Crippen molar-refractivity contribution in [2.45, 2.75) is 32.1 Å². The van der Waals surface area contributed by atoms with E-state index in [1.54, 1.807) is 13.8 Å². The van der Waals surface area contributed by atoms with Gasteiger partial charge in [-0.25, -0.2) is 13.1 Å². The summed E-state index contributed by atoms with van der Waals surface area (Å²) in [6.45, 7) is 4.83. The molecule has 0 aliphatic carbocycles. The van der Waals surface area contributed by atoms with Crippen LogP contribution in [-0.4, -0.2) is 19.2 Å². The lowest BCUT2D eigenvalue weighted by Gasteiger charge is -2.12. The molecule has 8 heteroatoms. The van der Waals surface area contributed by atoms with Gasteiger partial charge in [-0.2, -0.15) is 0 Å². The maximum absolute atomic E-state index is 12.1. The maximum Gasteiger partial charge on any atom is 0.269 e. The number of non-ortho nitro benzene ring substituents is 1. The van der Waals surface area contributed by atoms with Crippen LogP contribution in [0, 0.1) is 23.0 Å². The summed E-state index contributed by atoms with van der Waals surface area (Å²) in [7, 11) is -4.01. The number of aryl methyl sites for hydroxylation is 1. The van der Waals surface area contributed by atoms with Crippen molar-refractivity contribution >= 4 is 21.6 Å². The monoisotopic (exact) mass is 300 g/mol. The Kier molecular flexibility index (Phi) is 4.83. The zero-order chi connectivity index (χ0) is 15.5. The summed E-state index contributed by atoms with van der Waals surface area (Å²) in [6, 6.07) is 3.37. The molecule has 0 spiro atoms. The number of nitrogens with zero attached hydrogens (tertiary/aromatic N) is 1. The highest BCUT2D eigenvalue weighted by Crippen LogP contribution is 2.21. The number of nitro groups is 1. The van der Waals surface area contributed by atoms with Gasteiger partial charge in [-0.05, 0) is 25.0 Å². The Morgan fingerprint density at radius 3 is 2.50 bits per heavy atom. The zero-order valence-electron chi connectivity index (χ0n) is 11.4. The van der Waals surface area contributed by atoms with Gasteiger partial charge in [0.25, 0.3) is 15.7 Å². The quantitative estimate of drug-likeness (QED) is 0.658. The summed E-state index contributed by atoms with van der Waals surface area (Å²) >= 11 is 0. The van der Waals surface area contributed by atoms with Crippen molar-refractivity contribution in [1.29, 1.82) is 0 Å². The smallest absolute Gasteiger partial charge is 0.269 e. The molecule has 20 heavy (non-hydrogen) atoms. The molecule has 1 aromatic carbocycles. The Morgan fingerprint density at radius 1 is 1.45 bits per heavy atom. The Morgan fingerprint density at radius 2 is 2.05 bits per heavy atom. The summed E-state index contributed by atoms with van der Waals surface area (Å²) in [5.74, 6) is -1.02. The summed E-state index contributed by atoms with van der Waals surface area (Å²) in [5.41, 5.74) is 0.0124. The molecule has 0 radical (unpaired) electrons. The molecule has 0 aromatic heterocycles. The molecule has 1 rings (SSSR count). The van der Waals surface area contributed by atoms with Gasteiger partial charge in [0.15, 0.2) is 0 Å². The van der Waals surface area contributed by atoms with Crippen LogP contribution in [0.25, 0.3) is 0 Å². The van der Waals surface area contributed by atoms with E-state index in [0.29, 0.717) is 6.42 Å². The van der Waals surface area contributed by atoms with Crippen molar-refractivity contribution in [3.8, 4) is 0 Å². The fourth-order valence-electron chi connectivity index (χ4n) is 1.52. The van der Waals surface area contributed by atoms with Gasteiger partial charge in [-0.15, -0.1) is 0 Å². The van der Waals surface area contributed by atoms with Gasteiger partial charge in [0, 0.05) is 18.1 Å². The zero-order valence-corrected chi connectivity index (χ0v) is 12.2. The van der Waals surface area contributed by atoms with Crippen LogP contribution < -0.4 is 4.72 Å². The second kappa shape index (κ2) is 6.00. The first-order chi connectivity index (χ1) is 9.19. The lowest BCUT2D eigenvalue weighted by atomic mass is 10.1. The van der Waals surface area contributed by atoms with E-state index in [4.69, 9.17) is 0 Å². The fourth-order valence-corrected chi connectivity index (χ4v) is 2.83. The van der Waals surface area contributed by atoms with Gasteiger partial charge < -0.3 is 0 Å². The first kappa shape index (κ1) is 16.1. The van der Waals surface area contributed by atoms with Gasteiger partial charge in [0.05, 0.1) is 9.82 Å². The van der Waals surface area contributed by atoms with E-state index >= 15 is 0 Å². The van der Waals surface area contributed by atoms with Crippen LogP contribution in [0.3, 0.4) is 0 Å². The SMILES string of the molecule is CC[C@@H](C)C(=O)NS(=O)(=O)c1ccc([N+](=O)[O-])cc1C. The Balaban J connectivity index is 3.11. The largest absolute Gasteiger partial charge is 0.274 e. The van der Waals surface area contributed by atoms with E-state index in [2.05, 4.69) is 0 Å². The van der Waals surface area contributed by atoms with Crippen LogP contribution in [0.2, 0.25) is 0 Å². The minimum absolute atomic E-state index is 0.139. The molecule has 0 bridgehead atoms. The molecule has 0 aliphatic heterocycles. The predicted molar refractivity (Wildman–Crippen MR) is 72.6 cm³/mol. The molecule has 0 fully saturated rings. The van der Waals surface area contributed by atoms with Gasteiger partial charge in [0.2, 0.25) is 5.91 Å². The highest BCUT2D eigenvalue weighted by molar-refractivity contribution is 7.90. The van der Waals surface area contributed by atoms with Crippen LogP contribution in [0.15, 0.2) is 23.1 Å². The predicted octanol–water partition coefficient (Wildman–Crippen LogP) is 1.75. The molecule has 1 atom stereocenters. The van der Waals surface area contributed by atoms with Crippen molar-refractivity contribution in [2.24, 2.45) is 5.92 Å². The minimum atomic E-state index is -4.01. The Labute approximate surface area is 117 Å². The maximum atomic E-state index is 12.1. The average Bonchev–Trinajstić information content (AvgIpc) is 2.36. The average molecular weight is 300 g/mol. The van der Waals surface area contributed by atoms with Crippen LogP contribution in [0.4, 0.5) is 5.69 Å². The number of carbonyl (C=O) groups excluding carboxylic acids is 1. The Bertz CT molecular complexity index is 639. The molecular weight excluding hydrogens is 284 g/mol. The van der Waals surface area contributed by atoms with Crippen molar-refractivity contribution in [3.63, 3.8) is 0 Å². The number of sulfonamides is 1. The highest BCUT2D eigenvalue weighted by atomic mass is 32.2. The van der Waals surface area contributed by atoms with Crippen LogP contribution in [0.5, 0.6) is 0 Å². The first-order valence-corrected chi connectivity index (χ1v) is 7.49. The molecular formula is C12H16N2O5S. The summed E-state index contributed by atoms with van der Waals surface area (Å²) in [6.07, 6.45) is 0.514. The third kappa shape index (κ3) is 3.53. The molecule has 1 amide bonds. The molecule has 0 heterocycles. The summed E-state index contributed by atoms with van der Waals surface area (Å²) in [5, 5.41) is 10.6. The first-order valence-electron chi connectivity index (χ1n) is 6.00. The number of amides is 1. The Hall–Kier alpha value is -1.96. The molecule has 0 unspecified atom stereocenters. The highest BCUT2D eigenvalue weighted by Gasteiger charge is 2.23. The van der Waals surface area contributed by atoms with Gasteiger partial charge in [-0.1, -0.05) is 13.8 Å². The van der Waals surface area contributed by atoms with Gasteiger partial charge in [-0.3, -0.25) is 14.9 Å². The normalized spacial score (nSPS) is 12.8. The van der Waals surface area contributed by atoms with Crippen LogP contribution >= 0.6 is 0 Å². The van der Waals surface area contributed by atoms with Crippen molar-refractivity contribution in [3.05, 3.63) is 33.9 Å². The van der Waals surface area contributed by atoms with E-state index in [9.17, 15) is 23.3 Å². The van der Waals surface area contributed by atoms with Gasteiger partial charge >= 0.3 is 0 Å². The van der Waals surface area contributed by atoms with E-state index in [1.165, 1.54) is 6.92 Å². The minimum Gasteiger partial charge on any atom is -0.274 e. The molecule has 0 saturated heterocycles. The number of hydrogen-bond acceptors (Lipinski definition) is 5. The van der Waals surface area contributed by atoms with Crippen molar-refractivity contribution in [1.82, 2.24) is 4.72 Å². The fraction of sp³-hybridized carbons (Fsp3) is 0.417. The number of hydrogen-bond donors (Lipinski definition) is 1.